The van der Waals surface area contributed by atoms with Gasteiger partial charge in [0.25, 0.3) is 0 Å². The summed E-state index contributed by atoms with van der Waals surface area (Å²) < 4.78 is 6.17. The van der Waals surface area contributed by atoms with Crippen molar-refractivity contribution in [2.45, 2.75) is 76.0 Å². The van der Waals surface area contributed by atoms with Crippen LogP contribution >= 0.6 is 0 Å². The summed E-state index contributed by atoms with van der Waals surface area (Å²) in [5.74, 6) is 0. The molecule has 110 valence electrons. The van der Waals surface area contributed by atoms with Gasteiger partial charge >= 0.3 is 0 Å². The second kappa shape index (κ2) is 5.34. The molecular formula is C16H30N2O. The van der Waals surface area contributed by atoms with Gasteiger partial charge in [-0.1, -0.05) is 19.3 Å². The molecule has 0 bridgehead atoms. The third kappa shape index (κ3) is 3.32. The molecule has 1 saturated carbocycles. The van der Waals surface area contributed by atoms with E-state index in [0.717, 1.165) is 13.1 Å². The van der Waals surface area contributed by atoms with Crippen LogP contribution < -0.4 is 5.32 Å². The van der Waals surface area contributed by atoms with Gasteiger partial charge in [-0.05, 0) is 39.5 Å². The first-order chi connectivity index (χ1) is 9.07. The Morgan fingerprint density at radius 1 is 1.16 bits per heavy atom. The number of piperazine rings is 1. The average molecular weight is 266 g/mol. The van der Waals surface area contributed by atoms with Crippen LogP contribution in [0.25, 0.3) is 0 Å². The van der Waals surface area contributed by atoms with E-state index in [1.807, 2.05) is 0 Å². The summed E-state index contributed by atoms with van der Waals surface area (Å²) in [5, 5.41) is 3.82. The number of hydrogen-bond donors (Lipinski definition) is 1. The maximum absolute atomic E-state index is 6.17. The van der Waals surface area contributed by atoms with Crippen molar-refractivity contribution in [3.63, 3.8) is 0 Å². The lowest BCUT2D eigenvalue weighted by atomic mass is 9.80. The fourth-order valence-electron chi connectivity index (χ4n) is 4.26. The molecule has 19 heavy (non-hydrogen) atoms. The summed E-state index contributed by atoms with van der Waals surface area (Å²) in [7, 11) is 0. The summed E-state index contributed by atoms with van der Waals surface area (Å²) in [5.41, 5.74) is 0.547. The lowest BCUT2D eigenvalue weighted by molar-refractivity contribution is -0.0364. The predicted octanol–water partition coefficient (Wildman–Crippen LogP) is 2.55. The van der Waals surface area contributed by atoms with Gasteiger partial charge in [0.15, 0.2) is 0 Å². The Morgan fingerprint density at radius 2 is 1.95 bits per heavy atom. The number of rotatable bonds is 2. The smallest absolute Gasteiger partial charge is 0.0710 e. The van der Waals surface area contributed by atoms with E-state index in [-0.39, 0.29) is 5.60 Å². The van der Waals surface area contributed by atoms with Crippen molar-refractivity contribution in [2.24, 2.45) is 0 Å². The minimum absolute atomic E-state index is 0.112. The van der Waals surface area contributed by atoms with Gasteiger partial charge < -0.3 is 10.1 Å². The van der Waals surface area contributed by atoms with Crippen LogP contribution in [-0.4, -0.2) is 48.3 Å². The first-order valence-electron chi connectivity index (χ1n) is 8.22. The fraction of sp³-hybridized carbons (Fsp3) is 1.00. The molecule has 0 radical (unpaired) electrons. The van der Waals surface area contributed by atoms with Crippen molar-refractivity contribution in [1.29, 1.82) is 0 Å². The van der Waals surface area contributed by atoms with Gasteiger partial charge in [0, 0.05) is 31.7 Å². The highest BCUT2D eigenvalue weighted by Gasteiger charge is 2.38. The number of nitrogens with one attached hydrogen (secondary N) is 1. The fourth-order valence-corrected chi connectivity index (χ4v) is 4.26. The molecule has 3 nitrogen and oxygen atoms in total. The summed E-state index contributed by atoms with van der Waals surface area (Å²) in [6.45, 7) is 9.21. The van der Waals surface area contributed by atoms with E-state index in [4.69, 9.17) is 4.74 Å². The summed E-state index contributed by atoms with van der Waals surface area (Å²) >= 11 is 0. The molecule has 0 aromatic carbocycles. The SMILES string of the molecule is CC1(C)CCC(CN2CCNC3(CCCCC3)C2)O1. The topological polar surface area (TPSA) is 24.5 Å². The standard InChI is InChI=1S/C16H30N2O/c1-15(2)9-6-14(19-15)12-18-11-10-17-16(13-18)7-4-3-5-8-16/h14,17H,3-13H2,1-2H3. The molecule has 3 rings (SSSR count). The highest BCUT2D eigenvalue weighted by atomic mass is 16.5. The first-order valence-corrected chi connectivity index (χ1v) is 8.22. The monoisotopic (exact) mass is 266 g/mol. The predicted molar refractivity (Wildman–Crippen MR) is 78.4 cm³/mol. The summed E-state index contributed by atoms with van der Waals surface area (Å²) in [6, 6.07) is 0. The van der Waals surface area contributed by atoms with Crippen LogP contribution in [0.5, 0.6) is 0 Å². The van der Waals surface area contributed by atoms with E-state index in [0.29, 0.717) is 11.6 Å². The van der Waals surface area contributed by atoms with Crippen LogP contribution in [0.2, 0.25) is 0 Å². The van der Waals surface area contributed by atoms with Gasteiger partial charge in [-0.3, -0.25) is 4.90 Å². The van der Waals surface area contributed by atoms with Crippen molar-refractivity contribution in [2.75, 3.05) is 26.2 Å². The van der Waals surface area contributed by atoms with E-state index in [1.165, 1.54) is 58.0 Å². The number of hydrogen-bond acceptors (Lipinski definition) is 3. The molecule has 0 aromatic heterocycles. The van der Waals surface area contributed by atoms with Gasteiger partial charge in [-0.2, -0.15) is 0 Å². The minimum atomic E-state index is 0.112. The average Bonchev–Trinajstić information content (AvgIpc) is 2.70. The molecule has 2 heterocycles. The van der Waals surface area contributed by atoms with Crippen LogP contribution in [0.4, 0.5) is 0 Å². The van der Waals surface area contributed by atoms with Crippen LogP contribution in [0, 0.1) is 0 Å². The minimum Gasteiger partial charge on any atom is -0.371 e. The maximum atomic E-state index is 6.17. The lowest BCUT2D eigenvalue weighted by Crippen LogP contribution is -2.61. The molecule has 1 aliphatic carbocycles. The Bertz CT molecular complexity index is 304. The van der Waals surface area contributed by atoms with Crippen molar-refractivity contribution in [1.82, 2.24) is 10.2 Å². The van der Waals surface area contributed by atoms with E-state index in [1.54, 1.807) is 0 Å². The second-order valence-electron chi connectivity index (χ2n) is 7.54. The normalized spacial score (nSPS) is 34.7. The summed E-state index contributed by atoms with van der Waals surface area (Å²) in [6.07, 6.45) is 9.93. The molecule has 2 saturated heterocycles. The van der Waals surface area contributed by atoms with Crippen LogP contribution in [0.1, 0.15) is 58.8 Å². The van der Waals surface area contributed by atoms with Gasteiger partial charge in [-0.25, -0.2) is 0 Å². The lowest BCUT2D eigenvalue weighted by Gasteiger charge is -2.46. The molecule has 3 heteroatoms. The van der Waals surface area contributed by atoms with E-state index in [9.17, 15) is 0 Å². The molecule has 1 spiro atoms. The molecule has 0 amide bonds. The Balaban J connectivity index is 1.54. The van der Waals surface area contributed by atoms with Crippen LogP contribution in [-0.2, 0) is 4.74 Å². The van der Waals surface area contributed by atoms with Crippen molar-refractivity contribution in [3.8, 4) is 0 Å². The maximum Gasteiger partial charge on any atom is 0.0710 e. The molecule has 1 atom stereocenters. The molecule has 1 unspecified atom stereocenters. The van der Waals surface area contributed by atoms with Crippen LogP contribution in [0.15, 0.2) is 0 Å². The van der Waals surface area contributed by atoms with Crippen molar-refractivity contribution < 1.29 is 4.74 Å². The Morgan fingerprint density at radius 3 is 2.63 bits per heavy atom. The summed E-state index contributed by atoms with van der Waals surface area (Å²) in [4.78, 5) is 2.66. The van der Waals surface area contributed by atoms with Crippen molar-refractivity contribution >= 4 is 0 Å². The second-order valence-corrected chi connectivity index (χ2v) is 7.54. The third-order valence-corrected chi connectivity index (χ3v) is 5.28. The van der Waals surface area contributed by atoms with Gasteiger partial charge in [0.05, 0.1) is 11.7 Å². The first kappa shape index (κ1) is 13.8. The van der Waals surface area contributed by atoms with Gasteiger partial charge in [0.2, 0.25) is 0 Å². The van der Waals surface area contributed by atoms with E-state index in [2.05, 4.69) is 24.1 Å². The zero-order chi connectivity index (χ0) is 13.3. The van der Waals surface area contributed by atoms with E-state index < -0.39 is 0 Å². The Labute approximate surface area is 118 Å². The van der Waals surface area contributed by atoms with Gasteiger partial charge in [0.1, 0.15) is 0 Å². The molecule has 3 fully saturated rings. The Kier molecular flexibility index (Phi) is 3.89. The zero-order valence-corrected chi connectivity index (χ0v) is 12.7. The number of nitrogens with zero attached hydrogens (tertiary/aromatic N) is 1. The van der Waals surface area contributed by atoms with Crippen molar-refractivity contribution in [3.05, 3.63) is 0 Å². The van der Waals surface area contributed by atoms with E-state index >= 15 is 0 Å². The zero-order valence-electron chi connectivity index (χ0n) is 12.7. The number of ether oxygens (including phenoxy) is 1. The Hall–Kier alpha value is -0.120. The largest absolute Gasteiger partial charge is 0.371 e. The molecule has 1 N–H and O–H groups in total. The highest BCUT2D eigenvalue weighted by molar-refractivity contribution is 4.97. The highest BCUT2D eigenvalue weighted by Crippen LogP contribution is 2.33. The molecule has 2 aliphatic heterocycles. The quantitative estimate of drug-likeness (QED) is 0.831. The third-order valence-electron chi connectivity index (χ3n) is 5.28. The molecule has 3 aliphatic rings. The molecular weight excluding hydrogens is 236 g/mol. The van der Waals surface area contributed by atoms with Gasteiger partial charge in [-0.15, -0.1) is 0 Å². The molecule has 0 aromatic rings. The van der Waals surface area contributed by atoms with Crippen LogP contribution in [0.3, 0.4) is 0 Å².